The molecule has 1 unspecified atom stereocenters. The summed E-state index contributed by atoms with van der Waals surface area (Å²) in [6, 6.07) is 8.27. The number of benzene rings is 1. The Kier molecular flexibility index (Phi) is 2.39. The lowest BCUT2D eigenvalue weighted by atomic mass is 10.2. The van der Waals surface area contributed by atoms with Crippen LogP contribution >= 0.6 is 0 Å². The maximum Gasteiger partial charge on any atom is 0.228 e. The van der Waals surface area contributed by atoms with Crippen molar-refractivity contribution in [3.8, 4) is 0 Å². The summed E-state index contributed by atoms with van der Waals surface area (Å²) in [6.45, 7) is 2.08. The van der Waals surface area contributed by atoms with Crippen LogP contribution in [0.5, 0.6) is 0 Å². The first-order chi connectivity index (χ1) is 7.11. The molecule has 15 heavy (non-hydrogen) atoms. The Balaban J connectivity index is 2.54. The fourth-order valence-corrected chi connectivity index (χ4v) is 1.94. The summed E-state index contributed by atoms with van der Waals surface area (Å²) in [5.41, 5.74) is 2.12. The van der Waals surface area contributed by atoms with Gasteiger partial charge in [-0.25, -0.2) is 0 Å². The van der Waals surface area contributed by atoms with Crippen molar-refractivity contribution in [2.24, 2.45) is 0 Å². The molecule has 0 aromatic heterocycles. The molecule has 0 N–H and O–H groups in total. The van der Waals surface area contributed by atoms with Crippen molar-refractivity contribution < 1.29 is 4.79 Å². The van der Waals surface area contributed by atoms with Gasteiger partial charge >= 0.3 is 0 Å². The number of hydrogen-bond acceptors (Lipinski definition) is 2. The van der Waals surface area contributed by atoms with E-state index < -0.39 is 0 Å². The van der Waals surface area contributed by atoms with Crippen LogP contribution in [0.3, 0.4) is 0 Å². The van der Waals surface area contributed by atoms with Crippen molar-refractivity contribution >= 4 is 17.3 Å². The number of hydrogen-bond donors (Lipinski definition) is 0. The fraction of sp³-hybridized carbons (Fsp3) is 0.417. The highest BCUT2D eigenvalue weighted by Gasteiger charge is 2.25. The van der Waals surface area contributed by atoms with Gasteiger partial charge in [-0.05, 0) is 19.1 Å². The molecule has 0 spiro atoms. The minimum absolute atomic E-state index is 0.180. The zero-order valence-corrected chi connectivity index (χ0v) is 9.40. The normalized spacial score (nSPS) is 21.3. The zero-order valence-electron chi connectivity index (χ0n) is 9.40. The summed E-state index contributed by atoms with van der Waals surface area (Å²) in [5.74, 6) is 0.180. The predicted molar refractivity (Wildman–Crippen MR) is 62.3 cm³/mol. The number of carbonyl (C=O) groups excluding carboxylic acids is 1. The lowest BCUT2D eigenvalue weighted by Crippen LogP contribution is -2.31. The molecule has 0 radical (unpaired) electrons. The largest absolute Gasteiger partial charge is 0.370 e. The highest BCUT2D eigenvalue weighted by Crippen LogP contribution is 2.32. The van der Waals surface area contributed by atoms with Crippen LogP contribution in [0, 0.1) is 0 Å². The molecule has 2 rings (SSSR count). The van der Waals surface area contributed by atoms with Crippen molar-refractivity contribution in [3.05, 3.63) is 24.3 Å². The van der Waals surface area contributed by atoms with E-state index in [2.05, 4.69) is 17.9 Å². The van der Waals surface area contributed by atoms with Gasteiger partial charge in [-0.15, -0.1) is 0 Å². The molecule has 1 aromatic carbocycles. The fourth-order valence-electron chi connectivity index (χ4n) is 1.94. The summed E-state index contributed by atoms with van der Waals surface area (Å²) in [5, 5.41) is 0. The van der Waals surface area contributed by atoms with Gasteiger partial charge in [-0.2, -0.15) is 0 Å². The molecule has 0 bridgehead atoms. The van der Waals surface area contributed by atoms with E-state index in [1.54, 1.807) is 4.90 Å². The van der Waals surface area contributed by atoms with Gasteiger partial charge in [0.25, 0.3) is 0 Å². The van der Waals surface area contributed by atoms with E-state index in [1.165, 1.54) is 0 Å². The van der Waals surface area contributed by atoms with Gasteiger partial charge in [0.15, 0.2) is 0 Å². The molecule has 0 aliphatic carbocycles. The first-order valence-corrected chi connectivity index (χ1v) is 5.19. The van der Waals surface area contributed by atoms with E-state index in [-0.39, 0.29) is 11.9 Å². The second-order valence-electron chi connectivity index (χ2n) is 4.11. The molecule has 1 aromatic rings. The quantitative estimate of drug-likeness (QED) is 0.644. The van der Waals surface area contributed by atoms with E-state index in [9.17, 15) is 4.79 Å². The number of carbonyl (C=O) groups is 1. The SMILES string of the molecule is CC1CC(=O)N(C)c2ccccc2N1C. The minimum Gasteiger partial charge on any atom is -0.370 e. The Morgan fingerprint density at radius 3 is 2.47 bits per heavy atom. The van der Waals surface area contributed by atoms with Crippen LogP contribution in [0.15, 0.2) is 24.3 Å². The second-order valence-corrected chi connectivity index (χ2v) is 4.11. The van der Waals surface area contributed by atoms with Crippen molar-refractivity contribution in [3.63, 3.8) is 0 Å². The molecule has 1 aliphatic heterocycles. The highest BCUT2D eigenvalue weighted by atomic mass is 16.2. The predicted octanol–water partition coefficient (Wildman–Crippen LogP) is 1.88. The number of amides is 1. The van der Waals surface area contributed by atoms with Gasteiger partial charge in [0.1, 0.15) is 0 Å². The summed E-state index contributed by atoms with van der Waals surface area (Å²) in [6.07, 6.45) is 0.571. The van der Waals surface area contributed by atoms with Gasteiger partial charge < -0.3 is 9.80 Å². The molecule has 3 nitrogen and oxygen atoms in total. The number of fused-ring (bicyclic) bond motifs is 1. The molecule has 0 saturated heterocycles. The molecular formula is C12H16N2O. The first-order valence-electron chi connectivity index (χ1n) is 5.19. The van der Waals surface area contributed by atoms with Crippen molar-refractivity contribution in [2.75, 3.05) is 23.9 Å². The summed E-state index contributed by atoms with van der Waals surface area (Å²) in [4.78, 5) is 15.7. The number of rotatable bonds is 0. The average Bonchev–Trinajstić information content (AvgIpc) is 2.33. The van der Waals surface area contributed by atoms with Crippen molar-refractivity contribution in [2.45, 2.75) is 19.4 Å². The standard InChI is InChI=1S/C12H16N2O/c1-9-8-12(15)14(3)11-7-5-4-6-10(11)13(9)2/h4-7,9H,8H2,1-3H3. The van der Waals surface area contributed by atoms with Crippen molar-refractivity contribution in [1.29, 1.82) is 0 Å². The monoisotopic (exact) mass is 204 g/mol. The maximum atomic E-state index is 11.8. The molecule has 3 heteroatoms. The van der Waals surface area contributed by atoms with Gasteiger partial charge in [-0.1, -0.05) is 12.1 Å². The minimum atomic E-state index is 0.180. The van der Waals surface area contributed by atoms with Gasteiger partial charge in [0.05, 0.1) is 11.4 Å². The Labute approximate surface area is 90.3 Å². The summed E-state index contributed by atoms with van der Waals surface area (Å²) in [7, 11) is 3.88. The lowest BCUT2D eigenvalue weighted by Gasteiger charge is -2.25. The van der Waals surface area contributed by atoms with Crippen LogP contribution in [-0.4, -0.2) is 26.0 Å². The number of nitrogens with zero attached hydrogens (tertiary/aromatic N) is 2. The van der Waals surface area contributed by atoms with Crippen LogP contribution in [-0.2, 0) is 4.79 Å². The summed E-state index contributed by atoms with van der Waals surface area (Å²) < 4.78 is 0. The average molecular weight is 204 g/mol. The molecule has 1 amide bonds. The Morgan fingerprint density at radius 1 is 1.20 bits per heavy atom. The molecular weight excluding hydrogens is 188 g/mol. The van der Waals surface area contributed by atoms with E-state index in [0.29, 0.717) is 6.42 Å². The molecule has 1 aliphatic rings. The van der Waals surface area contributed by atoms with E-state index in [4.69, 9.17) is 0 Å². The van der Waals surface area contributed by atoms with Gasteiger partial charge in [-0.3, -0.25) is 4.79 Å². The number of para-hydroxylation sites is 2. The maximum absolute atomic E-state index is 11.8. The van der Waals surface area contributed by atoms with Crippen LogP contribution in [0.4, 0.5) is 11.4 Å². The van der Waals surface area contributed by atoms with Gasteiger partial charge in [0.2, 0.25) is 5.91 Å². The van der Waals surface area contributed by atoms with E-state index >= 15 is 0 Å². The Morgan fingerprint density at radius 2 is 1.80 bits per heavy atom. The third-order valence-electron chi connectivity index (χ3n) is 3.13. The first kappa shape index (κ1) is 10.0. The number of anilines is 2. The van der Waals surface area contributed by atoms with Gasteiger partial charge in [0, 0.05) is 26.6 Å². The van der Waals surface area contributed by atoms with Crippen LogP contribution in [0.2, 0.25) is 0 Å². The Hall–Kier alpha value is -1.51. The topological polar surface area (TPSA) is 23.6 Å². The molecule has 0 fully saturated rings. The third-order valence-corrected chi connectivity index (χ3v) is 3.13. The van der Waals surface area contributed by atoms with E-state index in [0.717, 1.165) is 11.4 Å². The zero-order chi connectivity index (χ0) is 11.0. The molecule has 1 atom stereocenters. The van der Waals surface area contributed by atoms with Crippen LogP contribution in [0.25, 0.3) is 0 Å². The smallest absolute Gasteiger partial charge is 0.228 e. The van der Waals surface area contributed by atoms with Crippen LogP contribution in [0.1, 0.15) is 13.3 Å². The van der Waals surface area contributed by atoms with Crippen LogP contribution < -0.4 is 9.80 Å². The molecule has 1 heterocycles. The highest BCUT2D eigenvalue weighted by molar-refractivity contribution is 5.98. The van der Waals surface area contributed by atoms with E-state index in [1.807, 2.05) is 32.3 Å². The van der Waals surface area contributed by atoms with Crippen molar-refractivity contribution in [1.82, 2.24) is 0 Å². The third kappa shape index (κ3) is 1.58. The molecule has 80 valence electrons. The lowest BCUT2D eigenvalue weighted by molar-refractivity contribution is -0.118. The second kappa shape index (κ2) is 3.57. The Bertz CT molecular complexity index is 389. The molecule has 0 saturated carbocycles. The summed E-state index contributed by atoms with van der Waals surface area (Å²) >= 11 is 0.